The lowest BCUT2D eigenvalue weighted by Crippen LogP contribution is -2.57. The number of hydrogen-bond donors (Lipinski definition) is 1. The average molecular weight is 390 g/mol. The van der Waals surface area contributed by atoms with Crippen LogP contribution in [0.1, 0.15) is 38.7 Å². The molecule has 0 aromatic heterocycles. The van der Waals surface area contributed by atoms with Crippen LogP contribution < -0.4 is 4.74 Å². The zero-order valence-corrected chi connectivity index (χ0v) is 17.3. The molecule has 6 nitrogen and oxygen atoms in total. The van der Waals surface area contributed by atoms with E-state index < -0.39 is 0 Å². The van der Waals surface area contributed by atoms with Gasteiger partial charge in [-0.25, -0.2) is 0 Å². The van der Waals surface area contributed by atoms with E-state index in [4.69, 9.17) is 4.74 Å². The Morgan fingerprint density at radius 1 is 1.14 bits per heavy atom. The van der Waals surface area contributed by atoms with Gasteiger partial charge in [-0.1, -0.05) is 12.1 Å². The molecule has 2 heterocycles. The Kier molecular flexibility index (Phi) is 7.71. The quantitative estimate of drug-likeness (QED) is 0.773. The van der Waals surface area contributed by atoms with Crippen molar-refractivity contribution in [3.8, 4) is 5.75 Å². The summed E-state index contributed by atoms with van der Waals surface area (Å²) in [6, 6.07) is 9.30. The van der Waals surface area contributed by atoms with E-state index in [0.717, 1.165) is 64.3 Å². The fourth-order valence-electron chi connectivity index (χ4n) is 4.52. The number of ether oxygens (including phenoxy) is 1. The maximum atomic E-state index is 11.6. The standard InChI is InChI=1S/C22H35N3O3/c1-3-28-22-6-4-19(5-7-22)16-24-13-14-25(17-21(24)10-15-26)20-8-11-23(12-9-20)18(2)27/h4-7,20-21,26H,3,8-17H2,1-2H3/t21-/m0/s1. The number of rotatable bonds is 7. The molecular weight excluding hydrogens is 354 g/mol. The SMILES string of the molecule is CCOc1ccc(CN2CCN(C3CCN(C(C)=O)CC3)C[C@@H]2CCO)cc1. The Labute approximate surface area is 169 Å². The molecule has 1 aromatic carbocycles. The highest BCUT2D eigenvalue weighted by atomic mass is 16.5. The fraction of sp³-hybridized carbons (Fsp3) is 0.682. The van der Waals surface area contributed by atoms with Gasteiger partial charge in [-0.05, 0) is 43.9 Å². The topological polar surface area (TPSA) is 56.2 Å². The summed E-state index contributed by atoms with van der Waals surface area (Å²) in [4.78, 5) is 18.6. The summed E-state index contributed by atoms with van der Waals surface area (Å²) in [5.41, 5.74) is 1.29. The number of likely N-dealkylation sites (tertiary alicyclic amines) is 1. The Hall–Kier alpha value is -1.63. The molecule has 0 unspecified atom stereocenters. The minimum atomic E-state index is 0.191. The molecule has 1 atom stereocenters. The highest BCUT2D eigenvalue weighted by Crippen LogP contribution is 2.23. The Bertz CT molecular complexity index is 614. The summed E-state index contributed by atoms with van der Waals surface area (Å²) >= 11 is 0. The number of hydrogen-bond acceptors (Lipinski definition) is 5. The lowest BCUT2D eigenvalue weighted by Gasteiger charge is -2.46. The van der Waals surface area contributed by atoms with E-state index >= 15 is 0 Å². The molecule has 28 heavy (non-hydrogen) atoms. The van der Waals surface area contributed by atoms with Gasteiger partial charge in [-0.15, -0.1) is 0 Å². The van der Waals surface area contributed by atoms with Crippen molar-refractivity contribution >= 4 is 5.91 Å². The minimum absolute atomic E-state index is 0.191. The largest absolute Gasteiger partial charge is 0.494 e. The third-order valence-corrected chi connectivity index (χ3v) is 6.14. The Morgan fingerprint density at radius 3 is 2.46 bits per heavy atom. The molecule has 0 bridgehead atoms. The van der Waals surface area contributed by atoms with Crippen LogP contribution in [0.15, 0.2) is 24.3 Å². The number of aliphatic hydroxyl groups is 1. The first kappa shape index (κ1) is 21.1. The van der Waals surface area contributed by atoms with E-state index in [2.05, 4.69) is 21.9 Å². The van der Waals surface area contributed by atoms with E-state index in [1.54, 1.807) is 6.92 Å². The van der Waals surface area contributed by atoms with Crippen molar-refractivity contribution in [1.29, 1.82) is 0 Å². The third-order valence-electron chi connectivity index (χ3n) is 6.14. The zero-order valence-electron chi connectivity index (χ0n) is 17.3. The summed E-state index contributed by atoms with van der Waals surface area (Å²) in [5.74, 6) is 1.11. The van der Waals surface area contributed by atoms with Gasteiger partial charge in [0.2, 0.25) is 5.91 Å². The van der Waals surface area contributed by atoms with E-state index in [1.165, 1.54) is 5.56 Å². The van der Waals surface area contributed by atoms with Crippen LogP contribution in [0, 0.1) is 0 Å². The molecule has 0 spiro atoms. The molecule has 1 amide bonds. The number of amides is 1. The van der Waals surface area contributed by atoms with Crippen molar-refractivity contribution in [2.45, 2.75) is 51.7 Å². The monoisotopic (exact) mass is 389 g/mol. The van der Waals surface area contributed by atoms with Gasteiger partial charge in [0.25, 0.3) is 0 Å². The molecule has 0 radical (unpaired) electrons. The predicted octanol–water partition coefficient (Wildman–Crippen LogP) is 1.96. The van der Waals surface area contributed by atoms with Crippen LogP contribution in [0.2, 0.25) is 0 Å². The van der Waals surface area contributed by atoms with Crippen LogP contribution in [0.25, 0.3) is 0 Å². The second kappa shape index (κ2) is 10.2. The maximum Gasteiger partial charge on any atom is 0.219 e. The minimum Gasteiger partial charge on any atom is -0.494 e. The normalized spacial score (nSPS) is 22.4. The van der Waals surface area contributed by atoms with Crippen molar-refractivity contribution in [2.75, 3.05) is 45.9 Å². The Balaban J connectivity index is 1.56. The molecule has 0 aliphatic carbocycles. The predicted molar refractivity (Wildman–Crippen MR) is 110 cm³/mol. The third kappa shape index (κ3) is 5.46. The van der Waals surface area contributed by atoms with E-state index in [9.17, 15) is 9.90 Å². The van der Waals surface area contributed by atoms with Crippen molar-refractivity contribution in [3.63, 3.8) is 0 Å². The van der Waals surface area contributed by atoms with Crippen LogP contribution in [0.3, 0.4) is 0 Å². The molecule has 2 aliphatic heterocycles. The molecule has 2 aliphatic rings. The number of aliphatic hydroxyl groups excluding tert-OH is 1. The first-order valence-electron chi connectivity index (χ1n) is 10.7. The highest BCUT2D eigenvalue weighted by Gasteiger charge is 2.32. The molecule has 2 fully saturated rings. The van der Waals surface area contributed by atoms with Crippen molar-refractivity contribution in [3.05, 3.63) is 29.8 Å². The van der Waals surface area contributed by atoms with Gasteiger partial charge in [-0.2, -0.15) is 0 Å². The van der Waals surface area contributed by atoms with E-state index in [1.807, 2.05) is 24.0 Å². The summed E-state index contributed by atoms with van der Waals surface area (Å²) in [7, 11) is 0. The van der Waals surface area contributed by atoms with Crippen LogP contribution in [-0.2, 0) is 11.3 Å². The van der Waals surface area contributed by atoms with Gasteiger partial charge >= 0.3 is 0 Å². The molecule has 2 saturated heterocycles. The Morgan fingerprint density at radius 2 is 1.86 bits per heavy atom. The van der Waals surface area contributed by atoms with Crippen molar-refractivity contribution < 1.29 is 14.6 Å². The van der Waals surface area contributed by atoms with E-state index in [-0.39, 0.29) is 12.5 Å². The molecule has 0 saturated carbocycles. The van der Waals surface area contributed by atoms with Crippen molar-refractivity contribution in [2.24, 2.45) is 0 Å². The molecule has 6 heteroatoms. The fourth-order valence-corrected chi connectivity index (χ4v) is 4.52. The van der Waals surface area contributed by atoms with E-state index in [0.29, 0.717) is 18.7 Å². The van der Waals surface area contributed by atoms with Gasteiger partial charge in [0.15, 0.2) is 0 Å². The molecule has 1 N–H and O–H groups in total. The summed E-state index contributed by atoms with van der Waals surface area (Å²) in [5, 5.41) is 9.58. The number of piperidine rings is 1. The number of carbonyl (C=O) groups is 1. The van der Waals surface area contributed by atoms with Crippen LogP contribution in [-0.4, -0.2) is 83.7 Å². The van der Waals surface area contributed by atoms with Gasteiger partial charge < -0.3 is 14.7 Å². The lowest BCUT2D eigenvalue weighted by molar-refractivity contribution is -0.130. The summed E-state index contributed by atoms with van der Waals surface area (Å²) in [6.07, 6.45) is 2.93. The van der Waals surface area contributed by atoms with Crippen molar-refractivity contribution in [1.82, 2.24) is 14.7 Å². The maximum absolute atomic E-state index is 11.6. The van der Waals surface area contributed by atoms with Gasteiger partial charge in [0.05, 0.1) is 6.61 Å². The zero-order chi connectivity index (χ0) is 19.9. The van der Waals surface area contributed by atoms with Crippen LogP contribution in [0.4, 0.5) is 0 Å². The van der Waals surface area contributed by atoms with Gasteiger partial charge in [-0.3, -0.25) is 14.6 Å². The summed E-state index contributed by atoms with van der Waals surface area (Å²) in [6.45, 7) is 10.3. The first-order chi connectivity index (χ1) is 13.6. The van der Waals surface area contributed by atoms with Gasteiger partial charge in [0.1, 0.15) is 5.75 Å². The van der Waals surface area contributed by atoms with Gasteiger partial charge in [0, 0.05) is 64.9 Å². The van der Waals surface area contributed by atoms with Crippen LogP contribution >= 0.6 is 0 Å². The summed E-state index contributed by atoms with van der Waals surface area (Å²) < 4.78 is 5.54. The molecule has 3 rings (SSSR count). The number of carbonyl (C=O) groups excluding carboxylic acids is 1. The smallest absolute Gasteiger partial charge is 0.219 e. The second-order valence-electron chi connectivity index (χ2n) is 7.95. The number of nitrogens with zero attached hydrogens (tertiary/aromatic N) is 3. The van der Waals surface area contributed by atoms with Crippen LogP contribution in [0.5, 0.6) is 5.75 Å². The molecule has 1 aromatic rings. The average Bonchev–Trinajstić information content (AvgIpc) is 2.71. The lowest BCUT2D eigenvalue weighted by atomic mass is 9.99. The molecule has 156 valence electrons. The molecular formula is C22H35N3O3. The second-order valence-corrected chi connectivity index (χ2v) is 7.95. The first-order valence-corrected chi connectivity index (χ1v) is 10.7. The highest BCUT2D eigenvalue weighted by molar-refractivity contribution is 5.73. The number of piperazine rings is 1. The number of benzene rings is 1.